The van der Waals surface area contributed by atoms with Crippen molar-refractivity contribution in [3.8, 4) is 11.4 Å². The molecule has 0 aliphatic carbocycles. The highest BCUT2D eigenvalue weighted by molar-refractivity contribution is 5.78. The van der Waals surface area contributed by atoms with Crippen molar-refractivity contribution >= 4 is 5.91 Å². The van der Waals surface area contributed by atoms with Crippen molar-refractivity contribution in [3.05, 3.63) is 36.2 Å². The number of carbonyl (C=O) groups excluding carboxylic acids is 1. The van der Waals surface area contributed by atoms with Crippen LogP contribution in [0.25, 0.3) is 11.4 Å². The van der Waals surface area contributed by atoms with E-state index in [2.05, 4.69) is 15.2 Å². The van der Waals surface area contributed by atoms with Gasteiger partial charge < -0.3 is 9.80 Å². The van der Waals surface area contributed by atoms with Crippen molar-refractivity contribution in [1.29, 1.82) is 0 Å². The van der Waals surface area contributed by atoms with Gasteiger partial charge in [0.15, 0.2) is 5.82 Å². The molecule has 0 unspecified atom stereocenters. The number of likely N-dealkylation sites (tertiary alicyclic amines) is 1. The Balaban J connectivity index is 1.60. The third-order valence-corrected chi connectivity index (χ3v) is 4.22. The van der Waals surface area contributed by atoms with Crippen LogP contribution in [0, 0.1) is 0 Å². The molecule has 6 nitrogen and oxygen atoms in total. The maximum Gasteiger partial charge on any atom is 0.236 e. The Morgan fingerprint density at radius 3 is 2.61 bits per heavy atom. The number of carbonyl (C=O) groups is 1. The van der Waals surface area contributed by atoms with Crippen LogP contribution in [-0.2, 0) is 4.79 Å². The first kappa shape index (κ1) is 15.7. The maximum absolute atomic E-state index is 12.1. The molecule has 1 saturated heterocycles. The number of amides is 1. The summed E-state index contributed by atoms with van der Waals surface area (Å²) in [5, 5.41) is 7.41. The van der Waals surface area contributed by atoms with Gasteiger partial charge in [0, 0.05) is 24.6 Å². The van der Waals surface area contributed by atoms with Crippen LogP contribution in [0.4, 0.5) is 0 Å². The molecule has 1 fully saturated rings. The molecule has 0 atom stereocenters. The highest BCUT2D eigenvalue weighted by Gasteiger charge is 2.26. The molecule has 2 heterocycles. The summed E-state index contributed by atoms with van der Waals surface area (Å²) in [6.07, 6.45) is 1.87. The normalized spacial score (nSPS) is 16.0. The second-order valence-corrected chi connectivity index (χ2v) is 6.30. The summed E-state index contributed by atoms with van der Waals surface area (Å²) in [5.74, 6) is 2.23. The number of nitrogens with zero attached hydrogens (tertiary/aromatic N) is 4. The van der Waals surface area contributed by atoms with Gasteiger partial charge >= 0.3 is 0 Å². The van der Waals surface area contributed by atoms with E-state index in [1.165, 1.54) is 0 Å². The quantitative estimate of drug-likeness (QED) is 0.934. The van der Waals surface area contributed by atoms with Crippen molar-refractivity contribution in [2.24, 2.45) is 0 Å². The predicted molar refractivity (Wildman–Crippen MR) is 88.9 cm³/mol. The third kappa shape index (κ3) is 3.76. The highest BCUT2D eigenvalue weighted by atomic mass is 16.2. The lowest BCUT2D eigenvalue weighted by Gasteiger charge is -2.31. The Morgan fingerprint density at radius 1 is 1.26 bits per heavy atom. The molecule has 1 aromatic heterocycles. The van der Waals surface area contributed by atoms with Crippen molar-refractivity contribution in [3.63, 3.8) is 0 Å². The minimum Gasteiger partial charge on any atom is -0.342 e. The lowest BCUT2D eigenvalue weighted by molar-refractivity contribution is -0.132. The van der Waals surface area contributed by atoms with E-state index in [0.29, 0.717) is 12.5 Å². The molecule has 0 bridgehead atoms. The van der Waals surface area contributed by atoms with Crippen molar-refractivity contribution in [2.75, 3.05) is 33.7 Å². The molecule has 23 heavy (non-hydrogen) atoms. The van der Waals surface area contributed by atoms with Gasteiger partial charge in [0.25, 0.3) is 0 Å². The monoisotopic (exact) mass is 313 g/mol. The maximum atomic E-state index is 12.1. The molecule has 6 heteroatoms. The second-order valence-electron chi connectivity index (χ2n) is 6.30. The summed E-state index contributed by atoms with van der Waals surface area (Å²) in [4.78, 5) is 20.6. The Kier molecular flexibility index (Phi) is 4.71. The lowest BCUT2D eigenvalue weighted by atomic mass is 9.96. The number of hydrogen-bond acceptors (Lipinski definition) is 4. The van der Waals surface area contributed by atoms with Crippen LogP contribution in [0.5, 0.6) is 0 Å². The standard InChI is InChI=1S/C17H23N5O/c1-21(2)12-15(23)22-10-8-14(9-11-22)17-18-16(19-20-17)13-6-4-3-5-7-13/h3-7,14H,8-12H2,1-2H3,(H,18,19,20). The van der Waals surface area contributed by atoms with Crippen LogP contribution in [0.2, 0.25) is 0 Å². The minimum absolute atomic E-state index is 0.205. The third-order valence-electron chi connectivity index (χ3n) is 4.22. The van der Waals surface area contributed by atoms with Crippen molar-refractivity contribution in [2.45, 2.75) is 18.8 Å². The first-order valence-corrected chi connectivity index (χ1v) is 8.03. The fraction of sp³-hybridized carbons (Fsp3) is 0.471. The molecule has 0 saturated carbocycles. The summed E-state index contributed by atoms with van der Waals surface area (Å²) < 4.78 is 0. The topological polar surface area (TPSA) is 65.1 Å². The smallest absolute Gasteiger partial charge is 0.236 e. The van der Waals surface area contributed by atoms with E-state index in [4.69, 9.17) is 0 Å². The van der Waals surface area contributed by atoms with Gasteiger partial charge in [-0.3, -0.25) is 9.89 Å². The molecule has 3 rings (SSSR count). The molecule has 1 N–H and O–H groups in total. The van der Waals surface area contributed by atoms with E-state index in [9.17, 15) is 4.79 Å². The number of piperidine rings is 1. The van der Waals surface area contributed by atoms with Crippen LogP contribution < -0.4 is 0 Å². The molecule has 2 aromatic rings. The SMILES string of the molecule is CN(C)CC(=O)N1CCC(c2nc(-c3ccccc3)n[nH]2)CC1. The number of benzene rings is 1. The fourth-order valence-corrected chi connectivity index (χ4v) is 2.95. The fourth-order valence-electron chi connectivity index (χ4n) is 2.95. The molecule has 1 aliphatic heterocycles. The average Bonchev–Trinajstić information content (AvgIpc) is 3.05. The molecular weight excluding hydrogens is 290 g/mol. The van der Waals surface area contributed by atoms with E-state index in [1.807, 2.05) is 54.2 Å². The zero-order chi connectivity index (χ0) is 16.2. The van der Waals surface area contributed by atoms with Gasteiger partial charge in [-0.25, -0.2) is 4.98 Å². The number of nitrogens with one attached hydrogen (secondary N) is 1. The average molecular weight is 313 g/mol. The van der Waals surface area contributed by atoms with Gasteiger partial charge in [0.05, 0.1) is 6.54 Å². The summed E-state index contributed by atoms with van der Waals surface area (Å²) in [5.41, 5.74) is 1.02. The van der Waals surface area contributed by atoms with E-state index in [0.717, 1.165) is 43.1 Å². The van der Waals surface area contributed by atoms with Gasteiger partial charge in [0.2, 0.25) is 5.91 Å². The van der Waals surface area contributed by atoms with Gasteiger partial charge in [0.1, 0.15) is 5.82 Å². The molecule has 1 aromatic carbocycles. The number of H-pyrrole nitrogens is 1. The van der Waals surface area contributed by atoms with Crippen LogP contribution in [0.15, 0.2) is 30.3 Å². The Labute approximate surface area is 136 Å². The number of rotatable bonds is 4. The highest BCUT2D eigenvalue weighted by Crippen LogP contribution is 2.27. The molecular formula is C17H23N5O. The predicted octanol–water partition coefficient (Wildman–Crippen LogP) is 1.74. The first-order chi connectivity index (χ1) is 11.1. The number of aromatic amines is 1. The zero-order valence-electron chi connectivity index (χ0n) is 13.7. The Morgan fingerprint density at radius 2 is 1.96 bits per heavy atom. The molecule has 1 amide bonds. The minimum atomic E-state index is 0.205. The van der Waals surface area contributed by atoms with Crippen molar-refractivity contribution in [1.82, 2.24) is 25.0 Å². The summed E-state index contributed by atoms with van der Waals surface area (Å²) in [7, 11) is 3.84. The van der Waals surface area contributed by atoms with Gasteiger partial charge in [-0.1, -0.05) is 30.3 Å². The molecule has 0 radical (unpaired) electrons. The largest absolute Gasteiger partial charge is 0.342 e. The van der Waals surface area contributed by atoms with E-state index >= 15 is 0 Å². The molecule has 0 spiro atoms. The lowest BCUT2D eigenvalue weighted by Crippen LogP contribution is -2.42. The number of hydrogen-bond donors (Lipinski definition) is 1. The van der Waals surface area contributed by atoms with E-state index in [1.54, 1.807) is 0 Å². The van der Waals surface area contributed by atoms with Crippen LogP contribution >= 0.6 is 0 Å². The van der Waals surface area contributed by atoms with Crippen molar-refractivity contribution < 1.29 is 4.79 Å². The van der Waals surface area contributed by atoms with Gasteiger partial charge in [-0.15, -0.1) is 0 Å². The van der Waals surface area contributed by atoms with Crippen LogP contribution in [0.3, 0.4) is 0 Å². The number of aromatic nitrogens is 3. The van der Waals surface area contributed by atoms with E-state index in [-0.39, 0.29) is 5.91 Å². The molecule has 1 aliphatic rings. The van der Waals surface area contributed by atoms with Crippen LogP contribution in [0.1, 0.15) is 24.6 Å². The Hall–Kier alpha value is -2.21. The summed E-state index contributed by atoms with van der Waals surface area (Å²) >= 11 is 0. The zero-order valence-corrected chi connectivity index (χ0v) is 13.7. The molecule has 122 valence electrons. The Bertz CT molecular complexity index is 644. The van der Waals surface area contributed by atoms with Gasteiger partial charge in [-0.05, 0) is 26.9 Å². The first-order valence-electron chi connectivity index (χ1n) is 8.03. The summed E-state index contributed by atoms with van der Waals surface area (Å²) in [6.45, 7) is 2.06. The van der Waals surface area contributed by atoms with Crippen LogP contribution in [-0.4, -0.2) is 64.6 Å². The number of likely N-dealkylation sites (N-methyl/N-ethyl adjacent to an activating group) is 1. The summed E-state index contributed by atoms with van der Waals surface area (Å²) in [6, 6.07) is 9.98. The second kappa shape index (κ2) is 6.91. The van der Waals surface area contributed by atoms with Gasteiger partial charge in [-0.2, -0.15) is 5.10 Å². The van der Waals surface area contributed by atoms with E-state index < -0.39 is 0 Å².